The molecule has 7 nitrogen and oxygen atoms in total. The number of carbonyl (C=O) groups excluding carboxylic acids is 2. The van der Waals surface area contributed by atoms with Crippen LogP contribution >= 0.6 is 0 Å². The Morgan fingerprint density at radius 2 is 1.85 bits per heavy atom. The minimum atomic E-state index is -0.456. The molecule has 27 heavy (non-hydrogen) atoms. The first-order valence-corrected chi connectivity index (χ1v) is 8.87. The van der Waals surface area contributed by atoms with Gasteiger partial charge in [-0.1, -0.05) is 12.1 Å². The third-order valence-electron chi connectivity index (χ3n) is 3.92. The molecule has 7 heteroatoms. The lowest BCUT2D eigenvalue weighted by Crippen LogP contribution is -2.19. The molecule has 142 valence electrons. The quantitative estimate of drug-likeness (QED) is 0.729. The van der Waals surface area contributed by atoms with E-state index >= 15 is 0 Å². The third-order valence-corrected chi connectivity index (χ3v) is 3.92. The van der Waals surface area contributed by atoms with E-state index in [0.29, 0.717) is 36.8 Å². The molecule has 1 amide bonds. The molecule has 0 atom stereocenters. The van der Waals surface area contributed by atoms with Crippen LogP contribution in [0.15, 0.2) is 42.5 Å². The zero-order chi connectivity index (χ0) is 19.1. The molecule has 0 radical (unpaired) electrons. The maximum absolute atomic E-state index is 12.2. The number of carbonyl (C=O) groups is 2. The van der Waals surface area contributed by atoms with E-state index in [0.717, 1.165) is 11.4 Å². The summed E-state index contributed by atoms with van der Waals surface area (Å²) in [4.78, 5) is 24.2. The second-order valence-electron chi connectivity index (χ2n) is 5.85. The van der Waals surface area contributed by atoms with Crippen LogP contribution in [-0.4, -0.2) is 38.2 Å². The van der Waals surface area contributed by atoms with Gasteiger partial charge in [0.2, 0.25) is 5.91 Å². The van der Waals surface area contributed by atoms with Crippen LogP contribution in [0.5, 0.6) is 11.5 Å². The molecule has 0 bridgehead atoms. The monoisotopic (exact) mass is 370 g/mol. The van der Waals surface area contributed by atoms with Crippen LogP contribution in [0.1, 0.15) is 23.7 Å². The molecule has 1 aliphatic rings. The Morgan fingerprint density at radius 1 is 1.07 bits per heavy atom. The van der Waals surface area contributed by atoms with E-state index < -0.39 is 5.97 Å². The molecule has 0 aromatic heterocycles. The Kier molecular flexibility index (Phi) is 6.14. The first-order chi connectivity index (χ1) is 13.2. The van der Waals surface area contributed by atoms with E-state index in [4.69, 9.17) is 14.2 Å². The van der Waals surface area contributed by atoms with Gasteiger partial charge in [0, 0.05) is 24.7 Å². The van der Waals surface area contributed by atoms with Crippen LogP contribution in [0.2, 0.25) is 0 Å². The molecule has 1 aliphatic heterocycles. The summed E-state index contributed by atoms with van der Waals surface area (Å²) in [6, 6.07) is 12.4. The van der Waals surface area contributed by atoms with Crippen molar-refractivity contribution < 1.29 is 23.8 Å². The van der Waals surface area contributed by atoms with Gasteiger partial charge in [-0.25, -0.2) is 4.79 Å². The zero-order valence-corrected chi connectivity index (χ0v) is 15.1. The summed E-state index contributed by atoms with van der Waals surface area (Å²) in [5.41, 5.74) is 1.63. The van der Waals surface area contributed by atoms with Crippen LogP contribution < -0.4 is 20.1 Å². The van der Waals surface area contributed by atoms with Crippen LogP contribution in [0.4, 0.5) is 11.4 Å². The fourth-order valence-corrected chi connectivity index (χ4v) is 2.67. The van der Waals surface area contributed by atoms with Gasteiger partial charge in [0.1, 0.15) is 13.2 Å². The van der Waals surface area contributed by atoms with Crippen molar-refractivity contribution in [3.8, 4) is 11.5 Å². The van der Waals surface area contributed by atoms with E-state index in [9.17, 15) is 9.59 Å². The lowest BCUT2D eigenvalue weighted by Gasteiger charge is -2.19. The number of anilines is 2. The van der Waals surface area contributed by atoms with Crippen LogP contribution in [0.3, 0.4) is 0 Å². The topological polar surface area (TPSA) is 85.9 Å². The van der Waals surface area contributed by atoms with Crippen molar-refractivity contribution in [3.05, 3.63) is 48.0 Å². The van der Waals surface area contributed by atoms with Gasteiger partial charge >= 0.3 is 5.97 Å². The number of hydrogen-bond donors (Lipinski definition) is 2. The molecular formula is C20H22N2O5. The normalized spacial score (nSPS) is 12.2. The Balaban J connectivity index is 1.53. The summed E-state index contributed by atoms with van der Waals surface area (Å²) in [5, 5.41) is 5.94. The Morgan fingerprint density at radius 3 is 2.67 bits per heavy atom. The summed E-state index contributed by atoms with van der Waals surface area (Å²) >= 11 is 0. The van der Waals surface area contributed by atoms with Gasteiger partial charge in [-0.3, -0.25) is 4.79 Å². The van der Waals surface area contributed by atoms with Crippen molar-refractivity contribution in [1.82, 2.24) is 0 Å². The molecule has 3 rings (SSSR count). The molecule has 0 unspecified atom stereocenters. The number of para-hydroxylation sites is 1. The van der Waals surface area contributed by atoms with E-state index in [1.807, 2.05) is 18.2 Å². The molecule has 0 saturated heterocycles. The average Bonchev–Trinajstić information content (AvgIpc) is 2.68. The molecule has 2 aromatic rings. The van der Waals surface area contributed by atoms with Crippen molar-refractivity contribution >= 4 is 23.3 Å². The first kappa shape index (κ1) is 18.6. The van der Waals surface area contributed by atoms with Gasteiger partial charge in [-0.2, -0.15) is 0 Å². The van der Waals surface area contributed by atoms with E-state index in [1.165, 1.54) is 0 Å². The summed E-state index contributed by atoms with van der Waals surface area (Å²) in [7, 11) is 0. The molecular weight excluding hydrogens is 348 g/mol. The second-order valence-corrected chi connectivity index (χ2v) is 5.85. The predicted molar refractivity (Wildman–Crippen MR) is 102 cm³/mol. The van der Waals surface area contributed by atoms with Gasteiger partial charge < -0.3 is 24.8 Å². The number of fused-ring (bicyclic) bond motifs is 1. The van der Waals surface area contributed by atoms with Gasteiger partial charge in [-0.15, -0.1) is 0 Å². The van der Waals surface area contributed by atoms with Crippen molar-refractivity contribution in [2.45, 2.75) is 13.3 Å². The highest BCUT2D eigenvalue weighted by Crippen LogP contribution is 2.32. The number of rotatable bonds is 7. The van der Waals surface area contributed by atoms with Crippen LogP contribution in [0.25, 0.3) is 0 Å². The van der Waals surface area contributed by atoms with E-state index in [-0.39, 0.29) is 18.9 Å². The first-order valence-electron chi connectivity index (χ1n) is 8.87. The summed E-state index contributed by atoms with van der Waals surface area (Å²) < 4.78 is 16.0. The number of esters is 1. The predicted octanol–water partition coefficient (Wildman–Crippen LogP) is 3.08. The number of amides is 1. The molecule has 1 heterocycles. The van der Waals surface area contributed by atoms with E-state index in [2.05, 4.69) is 10.6 Å². The lowest BCUT2D eigenvalue weighted by molar-refractivity contribution is -0.115. The van der Waals surface area contributed by atoms with E-state index in [1.54, 1.807) is 31.2 Å². The molecule has 0 aliphatic carbocycles. The lowest BCUT2D eigenvalue weighted by atomic mass is 10.1. The fourth-order valence-electron chi connectivity index (χ4n) is 2.67. The Labute approximate surface area is 157 Å². The van der Waals surface area contributed by atoms with Crippen molar-refractivity contribution in [1.29, 1.82) is 0 Å². The summed E-state index contributed by atoms with van der Waals surface area (Å²) in [6.07, 6.45) is 0.242. The molecule has 0 fully saturated rings. The largest absolute Gasteiger partial charge is 0.486 e. The van der Waals surface area contributed by atoms with Crippen LogP contribution in [0, 0.1) is 0 Å². The second kappa shape index (κ2) is 8.93. The molecule has 0 spiro atoms. The number of ether oxygens (including phenoxy) is 3. The molecule has 2 N–H and O–H groups in total. The number of nitrogens with one attached hydrogen (secondary N) is 2. The molecule has 2 aromatic carbocycles. The van der Waals surface area contributed by atoms with Crippen LogP contribution in [-0.2, 0) is 9.53 Å². The zero-order valence-electron chi connectivity index (χ0n) is 15.1. The molecule has 0 saturated carbocycles. The minimum absolute atomic E-state index is 0.197. The summed E-state index contributed by atoms with van der Waals surface area (Å²) in [6.45, 7) is 3.53. The fraction of sp³-hybridized carbons (Fsp3) is 0.300. The smallest absolute Gasteiger partial charge is 0.340 e. The average molecular weight is 370 g/mol. The van der Waals surface area contributed by atoms with Gasteiger partial charge in [0.15, 0.2) is 11.5 Å². The highest BCUT2D eigenvalue weighted by Gasteiger charge is 2.14. The van der Waals surface area contributed by atoms with Crippen molar-refractivity contribution in [2.24, 2.45) is 0 Å². The third kappa shape index (κ3) is 4.91. The number of benzene rings is 2. The highest BCUT2D eigenvalue weighted by molar-refractivity contribution is 6.01. The SMILES string of the molecule is CCOC(=O)c1ccccc1NC(=O)CCNc1ccc2c(c1)OCCO2. The minimum Gasteiger partial charge on any atom is -0.486 e. The highest BCUT2D eigenvalue weighted by atomic mass is 16.6. The van der Waals surface area contributed by atoms with Gasteiger partial charge in [0.05, 0.1) is 17.9 Å². The maximum atomic E-state index is 12.2. The number of hydrogen-bond acceptors (Lipinski definition) is 6. The maximum Gasteiger partial charge on any atom is 0.340 e. The Hall–Kier alpha value is -3.22. The van der Waals surface area contributed by atoms with Crippen molar-refractivity contribution in [3.63, 3.8) is 0 Å². The summed E-state index contributed by atoms with van der Waals surface area (Å²) in [5.74, 6) is 0.763. The van der Waals surface area contributed by atoms with Crippen molar-refractivity contribution in [2.75, 3.05) is 37.0 Å². The Bertz CT molecular complexity index is 822. The van der Waals surface area contributed by atoms with Gasteiger partial charge in [0.25, 0.3) is 0 Å². The van der Waals surface area contributed by atoms with Gasteiger partial charge in [-0.05, 0) is 31.2 Å². The standard InChI is InChI=1S/C20H22N2O5/c1-2-25-20(24)15-5-3-4-6-16(15)22-19(23)9-10-21-14-7-8-17-18(13-14)27-12-11-26-17/h3-8,13,21H,2,9-12H2,1H3,(H,22,23).